The summed E-state index contributed by atoms with van der Waals surface area (Å²) in [6, 6.07) is 4.59. The second-order valence-corrected chi connectivity index (χ2v) is 19.7. The van der Waals surface area contributed by atoms with Gasteiger partial charge in [-0.3, -0.25) is 23.9 Å². The summed E-state index contributed by atoms with van der Waals surface area (Å²) in [5.41, 5.74) is -0.0637. The number of ketones is 1. The summed E-state index contributed by atoms with van der Waals surface area (Å²) in [5.74, 6) is -1.50. The van der Waals surface area contributed by atoms with E-state index in [4.69, 9.17) is 18.9 Å². The molecule has 2 aromatic rings. The molecule has 0 spiro atoms. The van der Waals surface area contributed by atoms with E-state index in [1.165, 1.54) is 7.11 Å². The highest BCUT2D eigenvalue weighted by molar-refractivity contribution is 7.90. The van der Waals surface area contributed by atoms with Crippen molar-refractivity contribution in [2.45, 2.75) is 121 Å². The van der Waals surface area contributed by atoms with Gasteiger partial charge < -0.3 is 23.8 Å². The third-order valence-electron chi connectivity index (χ3n) is 13.0. The number of aryl methyl sites for hydroxylation is 1. The fourth-order valence-electron chi connectivity index (χ4n) is 9.30. The van der Waals surface area contributed by atoms with Crippen molar-refractivity contribution in [1.29, 1.82) is 0 Å². The molecule has 0 radical (unpaired) electrons. The lowest BCUT2D eigenvalue weighted by Crippen LogP contribution is -2.48. The van der Waals surface area contributed by atoms with Crippen LogP contribution in [0.1, 0.15) is 103 Å². The Morgan fingerprint density at radius 1 is 1.05 bits per heavy atom. The second kappa shape index (κ2) is 16.2. The number of Topliss-reactive ketones (excluding diaryl/α,β-unsaturated/α-hetero) is 1. The number of allylic oxidation sites excluding steroid dienone is 1. The van der Waals surface area contributed by atoms with Gasteiger partial charge in [-0.1, -0.05) is 39.2 Å². The standard InChI is InChI=1S/C43H57N3O10S/c1-6-28-22-43(28,41(50)45-57(51,52)30-14-15-30)23-35(47)34-18-29-24-46(34)40(49)31(26-11-8-7-9-12-26)19-39(48)55-25-42(2,3)16-10-13-27-17-32-33(20-36(27)53-4)44-38(54-5)21-37(32)56-29/h6,17,20-21,26,28-31,34H,1,7-16,18-19,22-25H2,2-5H3,(H,45,50)/t28-,29-,31+,34+,43?/m1/s1. The van der Waals surface area contributed by atoms with Crippen LogP contribution in [0.4, 0.5) is 0 Å². The molecule has 5 aliphatic rings. The fraction of sp³-hybridized carbons (Fsp3) is 0.651. The number of pyridine rings is 1. The summed E-state index contributed by atoms with van der Waals surface area (Å²) in [4.78, 5) is 63.2. The summed E-state index contributed by atoms with van der Waals surface area (Å²) >= 11 is 0. The normalized spacial score (nSPS) is 28.5. The molecule has 14 heteroatoms. The Balaban J connectivity index is 1.26. The highest BCUT2D eigenvalue weighted by Crippen LogP contribution is 2.57. The third kappa shape index (κ3) is 8.80. The van der Waals surface area contributed by atoms with Crippen LogP contribution in [-0.4, -0.2) is 86.6 Å². The molecule has 3 heterocycles. The Morgan fingerprint density at radius 2 is 1.81 bits per heavy atom. The van der Waals surface area contributed by atoms with E-state index < -0.39 is 56.5 Å². The molecule has 1 aromatic heterocycles. The highest BCUT2D eigenvalue weighted by Gasteiger charge is 2.61. The lowest BCUT2D eigenvalue weighted by Gasteiger charge is -2.34. The van der Waals surface area contributed by atoms with Crippen molar-refractivity contribution in [3.8, 4) is 17.4 Å². The topological polar surface area (TPSA) is 168 Å². The molecule has 4 fully saturated rings. The monoisotopic (exact) mass is 807 g/mol. The van der Waals surface area contributed by atoms with E-state index in [-0.39, 0.29) is 61.9 Å². The van der Waals surface area contributed by atoms with Crippen molar-refractivity contribution >= 4 is 44.5 Å². The summed E-state index contributed by atoms with van der Waals surface area (Å²) in [6.07, 6.45) is 8.74. The number of carbonyl (C=O) groups is 4. The number of esters is 1. The molecule has 7 rings (SSSR count). The summed E-state index contributed by atoms with van der Waals surface area (Å²) < 4.78 is 52.0. The van der Waals surface area contributed by atoms with Gasteiger partial charge in [0.15, 0.2) is 5.78 Å². The summed E-state index contributed by atoms with van der Waals surface area (Å²) in [6.45, 7) is 8.25. The smallest absolute Gasteiger partial charge is 0.306 e. The molecule has 1 unspecified atom stereocenters. The van der Waals surface area contributed by atoms with Crippen molar-refractivity contribution in [2.75, 3.05) is 27.4 Å². The molecule has 310 valence electrons. The van der Waals surface area contributed by atoms with Crippen LogP contribution in [0, 0.1) is 28.6 Å². The Kier molecular flexibility index (Phi) is 11.7. The first-order chi connectivity index (χ1) is 27.2. The molecule has 57 heavy (non-hydrogen) atoms. The number of ether oxygens (including phenoxy) is 4. The zero-order chi connectivity index (χ0) is 40.7. The minimum atomic E-state index is -3.86. The molecular weight excluding hydrogens is 751 g/mol. The van der Waals surface area contributed by atoms with Crippen LogP contribution in [0.25, 0.3) is 10.9 Å². The number of amides is 2. The lowest BCUT2D eigenvalue weighted by molar-refractivity contribution is -0.154. The van der Waals surface area contributed by atoms with Gasteiger partial charge in [0.25, 0.3) is 0 Å². The molecule has 2 amide bonds. The van der Waals surface area contributed by atoms with E-state index in [1.807, 2.05) is 12.1 Å². The van der Waals surface area contributed by atoms with E-state index >= 15 is 0 Å². The van der Waals surface area contributed by atoms with E-state index in [0.717, 1.165) is 55.9 Å². The van der Waals surface area contributed by atoms with Crippen LogP contribution in [0.2, 0.25) is 0 Å². The van der Waals surface area contributed by atoms with Crippen LogP contribution >= 0.6 is 0 Å². The van der Waals surface area contributed by atoms with Crippen LogP contribution < -0.4 is 18.9 Å². The van der Waals surface area contributed by atoms with Gasteiger partial charge in [-0.25, -0.2) is 13.4 Å². The van der Waals surface area contributed by atoms with Gasteiger partial charge in [-0.2, -0.15) is 0 Å². The van der Waals surface area contributed by atoms with Crippen LogP contribution in [-0.2, 0) is 40.4 Å². The molecule has 5 atom stereocenters. The zero-order valence-electron chi connectivity index (χ0n) is 33.7. The van der Waals surface area contributed by atoms with E-state index in [9.17, 15) is 27.6 Å². The van der Waals surface area contributed by atoms with Crippen LogP contribution in [0.3, 0.4) is 0 Å². The highest BCUT2D eigenvalue weighted by atomic mass is 32.2. The average Bonchev–Trinajstić information content (AvgIpc) is 4.12. The maximum Gasteiger partial charge on any atom is 0.306 e. The number of nitrogens with zero attached hydrogens (tertiary/aromatic N) is 2. The first kappa shape index (κ1) is 41.0. The third-order valence-corrected chi connectivity index (χ3v) is 14.8. The zero-order valence-corrected chi connectivity index (χ0v) is 34.5. The van der Waals surface area contributed by atoms with E-state index in [0.29, 0.717) is 42.2 Å². The SMILES string of the molecule is C=C[C@@H]1CC1(CC(=O)[C@@H]1C[C@@H]2CN1C(=O)[C@H](C1CCCCC1)CC(=O)OCC(C)(C)CCCc1cc3c(cc(OC)nc3cc1OC)O2)C(=O)NS(=O)(=O)C1CC1. The van der Waals surface area contributed by atoms with Crippen molar-refractivity contribution in [1.82, 2.24) is 14.6 Å². The molecule has 1 saturated heterocycles. The van der Waals surface area contributed by atoms with Gasteiger partial charge in [0.2, 0.25) is 27.7 Å². The minimum absolute atomic E-state index is 0.0618. The Morgan fingerprint density at radius 3 is 2.47 bits per heavy atom. The predicted molar refractivity (Wildman–Crippen MR) is 212 cm³/mol. The summed E-state index contributed by atoms with van der Waals surface area (Å²) in [7, 11) is -0.723. The average molecular weight is 808 g/mol. The molecule has 3 saturated carbocycles. The molecule has 13 nitrogen and oxygen atoms in total. The first-order valence-corrected chi connectivity index (χ1v) is 22.1. The molecular formula is C43H57N3O10S. The lowest BCUT2D eigenvalue weighted by atomic mass is 9.77. The van der Waals surface area contributed by atoms with Crippen molar-refractivity contribution in [2.24, 2.45) is 28.6 Å². The first-order valence-electron chi connectivity index (χ1n) is 20.6. The molecule has 1 aromatic carbocycles. The van der Waals surface area contributed by atoms with Gasteiger partial charge >= 0.3 is 5.97 Å². The Labute approximate surface area is 335 Å². The number of rotatable bonds is 10. The maximum atomic E-state index is 15.0. The van der Waals surface area contributed by atoms with Crippen molar-refractivity contribution in [3.05, 3.63) is 36.4 Å². The van der Waals surface area contributed by atoms with Gasteiger partial charge in [-0.15, -0.1) is 6.58 Å². The summed E-state index contributed by atoms with van der Waals surface area (Å²) in [5, 5.41) is 0.122. The number of hydrogen-bond acceptors (Lipinski definition) is 11. The van der Waals surface area contributed by atoms with Crippen LogP contribution in [0.15, 0.2) is 30.9 Å². The van der Waals surface area contributed by atoms with E-state index in [1.54, 1.807) is 24.2 Å². The number of methoxy groups -OCH3 is 2. The van der Waals surface area contributed by atoms with Crippen molar-refractivity contribution < 1.29 is 46.5 Å². The molecule has 3 aliphatic carbocycles. The molecule has 4 bridgehead atoms. The van der Waals surface area contributed by atoms with E-state index in [2.05, 4.69) is 30.1 Å². The molecule has 1 N–H and O–H groups in total. The largest absolute Gasteiger partial charge is 0.496 e. The number of fused-ring (bicyclic) bond motifs is 3. The van der Waals surface area contributed by atoms with Crippen molar-refractivity contribution in [3.63, 3.8) is 0 Å². The van der Waals surface area contributed by atoms with Crippen LogP contribution in [0.5, 0.6) is 17.4 Å². The number of carbonyl (C=O) groups excluding carboxylic acids is 4. The molecule has 2 aliphatic heterocycles. The number of benzene rings is 1. The number of cyclic esters (lactones) is 1. The van der Waals surface area contributed by atoms with Gasteiger partial charge in [0.1, 0.15) is 17.6 Å². The Hall–Kier alpha value is -4.20. The second-order valence-electron chi connectivity index (χ2n) is 17.7. The predicted octanol–water partition coefficient (Wildman–Crippen LogP) is 5.85. The Bertz CT molecular complexity index is 2020. The fourth-order valence-corrected chi connectivity index (χ4v) is 10.7. The number of nitrogens with one attached hydrogen (secondary N) is 1. The number of sulfonamides is 1. The van der Waals surface area contributed by atoms with Gasteiger partial charge in [0, 0.05) is 30.4 Å². The van der Waals surface area contributed by atoms with Gasteiger partial charge in [-0.05, 0) is 80.2 Å². The quantitative estimate of drug-likeness (QED) is 0.226. The maximum absolute atomic E-state index is 15.0. The van der Waals surface area contributed by atoms with Gasteiger partial charge in [0.05, 0.1) is 61.9 Å². The number of hydrogen-bond donors (Lipinski definition) is 1. The minimum Gasteiger partial charge on any atom is -0.496 e. The number of aromatic nitrogens is 1.